The van der Waals surface area contributed by atoms with Gasteiger partial charge in [-0.3, -0.25) is 9.78 Å². The van der Waals surface area contributed by atoms with E-state index in [1.165, 1.54) is 0 Å². The van der Waals surface area contributed by atoms with E-state index < -0.39 is 0 Å². The van der Waals surface area contributed by atoms with Crippen molar-refractivity contribution < 1.29 is 0 Å². The van der Waals surface area contributed by atoms with Crippen molar-refractivity contribution in [3.63, 3.8) is 0 Å². The van der Waals surface area contributed by atoms with Crippen LogP contribution in [0, 0.1) is 18.8 Å². The van der Waals surface area contributed by atoms with Gasteiger partial charge in [-0.25, -0.2) is 4.98 Å². The molecule has 1 aromatic rings. The van der Waals surface area contributed by atoms with E-state index in [-0.39, 0.29) is 11.5 Å². The van der Waals surface area contributed by atoms with Crippen LogP contribution in [0.3, 0.4) is 0 Å². The highest BCUT2D eigenvalue weighted by molar-refractivity contribution is 5.51. The normalized spacial score (nSPS) is 12.4. The number of rotatable bonds is 3. The first-order chi connectivity index (χ1) is 8.77. The van der Waals surface area contributed by atoms with Crippen molar-refractivity contribution in [1.29, 1.82) is 0 Å². The maximum atomic E-state index is 11.5. The van der Waals surface area contributed by atoms with E-state index in [9.17, 15) is 4.79 Å². The second kappa shape index (κ2) is 8.51. The summed E-state index contributed by atoms with van der Waals surface area (Å²) in [6.45, 7) is 12.5. The number of aryl methyl sites for hydroxylation is 1. The van der Waals surface area contributed by atoms with E-state index in [1.807, 2.05) is 12.2 Å². The molecule has 3 N–H and O–H groups in total. The second-order valence-corrected chi connectivity index (χ2v) is 5.43. The molecule has 0 saturated carbocycles. The molecule has 0 aromatic carbocycles. The lowest BCUT2D eigenvalue weighted by Crippen LogP contribution is -2.15. The van der Waals surface area contributed by atoms with Crippen molar-refractivity contribution in [3.05, 3.63) is 27.7 Å². The van der Waals surface area contributed by atoms with Crippen LogP contribution in [0.1, 0.15) is 52.3 Å². The van der Waals surface area contributed by atoms with Gasteiger partial charge in [0, 0.05) is 0 Å². The zero-order chi connectivity index (χ0) is 15.0. The maximum absolute atomic E-state index is 11.5. The van der Waals surface area contributed by atoms with Crippen molar-refractivity contribution in [3.8, 4) is 0 Å². The minimum absolute atomic E-state index is 0.165. The molecule has 19 heavy (non-hydrogen) atoms. The van der Waals surface area contributed by atoms with Crippen molar-refractivity contribution >= 4 is 12.0 Å². The van der Waals surface area contributed by atoms with Crippen molar-refractivity contribution in [2.75, 3.05) is 5.73 Å². The Bertz CT molecular complexity index is 458. The van der Waals surface area contributed by atoms with Gasteiger partial charge in [-0.1, -0.05) is 53.2 Å². The van der Waals surface area contributed by atoms with Gasteiger partial charge < -0.3 is 5.73 Å². The molecule has 4 heteroatoms. The average Bonchev–Trinajstić information content (AvgIpc) is 2.26. The maximum Gasteiger partial charge on any atom is 0.259 e. The summed E-state index contributed by atoms with van der Waals surface area (Å²) < 4.78 is 0. The van der Waals surface area contributed by atoms with Crippen LogP contribution in [-0.2, 0) is 0 Å². The molecule has 1 atom stereocenters. The van der Waals surface area contributed by atoms with Crippen molar-refractivity contribution in [2.45, 2.75) is 48.0 Å². The number of allylic oxidation sites excluding steroid dienone is 1. The van der Waals surface area contributed by atoms with E-state index in [2.05, 4.69) is 44.6 Å². The van der Waals surface area contributed by atoms with E-state index in [0.717, 1.165) is 12.3 Å². The lowest BCUT2D eigenvalue weighted by molar-refractivity contribution is 0.701. The number of nitrogens with zero attached hydrogens (tertiary/aromatic N) is 1. The van der Waals surface area contributed by atoms with Gasteiger partial charge in [0.15, 0.2) is 0 Å². The molecule has 0 spiro atoms. The molecule has 0 amide bonds. The minimum Gasteiger partial charge on any atom is -0.369 e. The van der Waals surface area contributed by atoms with Crippen LogP contribution in [-0.4, -0.2) is 9.97 Å². The molecule has 1 unspecified atom stereocenters. The molecule has 108 valence electrons. The number of hydrogen-bond donors (Lipinski definition) is 2. The first-order valence-electron chi connectivity index (χ1n) is 6.82. The smallest absolute Gasteiger partial charge is 0.259 e. The molecule has 1 heterocycles. The van der Waals surface area contributed by atoms with Crippen molar-refractivity contribution in [1.82, 2.24) is 9.97 Å². The first kappa shape index (κ1) is 17.4. The Labute approximate surface area is 116 Å². The van der Waals surface area contributed by atoms with Gasteiger partial charge in [-0.05, 0) is 18.8 Å². The largest absolute Gasteiger partial charge is 0.369 e. The number of nitrogen functional groups attached to an aromatic ring is 1. The Morgan fingerprint density at radius 3 is 2.26 bits per heavy atom. The van der Waals surface area contributed by atoms with Crippen LogP contribution < -0.4 is 11.3 Å². The Hall–Kier alpha value is -1.58. The molecule has 0 aliphatic rings. The summed E-state index contributed by atoms with van der Waals surface area (Å²) in [5, 5.41) is 0. The molecule has 0 aliphatic heterocycles. The molecular weight excluding hydrogens is 238 g/mol. The number of hydrogen-bond acceptors (Lipinski definition) is 3. The molecule has 0 saturated heterocycles. The van der Waals surface area contributed by atoms with Crippen LogP contribution in [0.2, 0.25) is 0 Å². The zero-order valence-electron chi connectivity index (χ0n) is 12.9. The van der Waals surface area contributed by atoms with Crippen LogP contribution in [0.25, 0.3) is 6.08 Å². The molecule has 1 aromatic heterocycles. The lowest BCUT2D eigenvalue weighted by Gasteiger charge is -2.02. The summed E-state index contributed by atoms with van der Waals surface area (Å²) in [7, 11) is 0. The fourth-order valence-electron chi connectivity index (χ4n) is 1.21. The minimum atomic E-state index is -0.181. The number of H-pyrrole nitrogens is 1. The zero-order valence-corrected chi connectivity index (χ0v) is 12.9. The van der Waals surface area contributed by atoms with Gasteiger partial charge in [0.05, 0.1) is 11.3 Å². The van der Waals surface area contributed by atoms with Gasteiger partial charge in [0.25, 0.3) is 5.56 Å². The SMILES string of the molecule is CC(C)C.CCC(C)/C=C\c1c(C)nc(N)[nH]c1=O. The van der Waals surface area contributed by atoms with E-state index >= 15 is 0 Å². The van der Waals surface area contributed by atoms with E-state index in [4.69, 9.17) is 5.73 Å². The van der Waals surface area contributed by atoms with Gasteiger partial charge in [0.1, 0.15) is 0 Å². The quantitative estimate of drug-likeness (QED) is 0.880. The predicted octanol–water partition coefficient (Wildman–Crippen LogP) is 3.38. The average molecular weight is 265 g/mol. The summed E-state index contributed by atoms with van der Waals surface area (Å²) in [6.07, 6.45) is 4.88. The summed E-state index contributed by atoms with van der Waals surface area (Å²) in [4.78, 5) is 18.0. The van der Waals surface area contributed by atoms with Crippen LogP contribution >= 0.6 is 0 Å². The standard InChI is InChI=1S/C11H17N3O.C4H10/c1-4-7(2)5-6-9-8(3)13-11(12)14-10(9)15;1-4(2)3/h5-7H,4H2,1-3H3,(H3,12,13,14,15);4H,1-3H3/b6-5-;. The lowest BCUT2D eigenvalue weighted by atomic mass is 10.1. The molecule has 1 rings (SSSR count). The van der Waals surface area contributed by atoms with Gasteiger partial charge in [-0.2, -0.15) is 0 Å². The Morgan fingerprint density at radius 1 is 1.32 bits per heavy atom. The molecule has 0 bridgehead atoms. The number of nitrogens with two attached hydrogens (primary N) is 1. The summed E-state index contributed by atoms with van der Waals surface area (Å²) in [5.41, 5.74) is 6.49. The van der Waals surface area contributed by atoms with E-state index in [1.54, 1.807) is 6.92 Å². The van der Waals surface area contributed by atoms with Crippen LogP contribution in [0.5, 0.6) is 0 Å². The number of anilines is 1. The van der Waals surface area contributed by atoms with Crippen LogP contribution in [0.15, 0.2) is 10.9 Å². The Morgan fingerprint density at radius 2 is 1.84 bits per heavy atom. The fourth-order valence-corrected chi connectivity index (χ4v) is 1.21. The molecule has 0 radical (unpaired) electrons. The topological polar surface area (TPSA) is 71.8 Å². The Balaban J connectivity index is 0.000000711. The third kappa shape index (κ3) is 7.44. The predicted molar refractivity (Wildman–Crippen MR) is 83.0 cm³/mol. The molecule has 0 fully saturated rings. The van der Waals surface area contributed by atoms with Gasteiger partial charge in [-0.15, -0.1) is 0 Å². The first-order valence-corrected chi connectivity index (χ1v) is 6.82. The number of nitrogens with one attached hydrogen (secondary N) is 1. The van der Waals surface area contributed by atoms with E-state index in [0.29, 0.717) is 17.2 Å². The highest BCUT2D eigenvalue weighted by Crippen LogP contribution is 2.07. The Kier molecular flexibility index (Phi) is 7.80. The molecule has 0 aliphatic carbocycles. The number of aromatic nitrogens is 2. The fraction of sp³-hybridized carbons (Fsp3) is 0.600. The highest BCUT2D eigenvalue weighted by atomic mass is 16.1. The monoisotopic (exact) mass is 265 g/mol. The van der Waals surface area contributed by atoms with Gasteiger partial charge in [0.2, 0.25) is 5.95 Å². The highest BCUT2D eigenvalue weighted by Gasteiger charge is 2.03. The second-order valence-electron chi connectivity index (χ2n) is 5.43. The van der Waals surface area contributed by atoms with Crippen molar-refractivity contribution in [2.24, 2.45) is 11.8 Å². The molecule has 4 nitrogen and oxygen atoms in total. The molecular formula is C15H27N3O. The third-order valence-electron chi connectivity index (χ3n) is 2.40. The summed E-state index contributed by atoms with van der Waals surface area (Å²) in [5.74, 6) is 1.46. The summed E-state index contributed by atoms with van der Waals surface area (Å²) >= 11 is 0. The van der Waals surface area contributed by atoms with Gasteiger partial charge >= 0.3 is 0 Å². The third-order valence-corrected chi connectivity index (χ3v) is 2.40. The van der Waals surface area contributed by atoms with Crippen LogP contribution in [0.4, 0.5) is 5.95 Å². The summed E-state index contributed by atoms with van der Waals surface area (Å²) in [6, 6.07) is 0. The number of aromatic amines is 1.